The lowest BCUT2D eigenvalue weighted by molar-refractivity contribution is 0.551. The third kappa shape index (κ3) is 6.31. The fourth-order valence-corrected chi connectivity index (χ4v) is 2.99. The molecule has 0 aliphatic rings. The molecule has 2 nitrogen and oxygen atoms in total. The maximum atomic E-state index is 3.57. The quantitative estimate of drug-likeness (QED) is 0.731. The zero-order chi connectivity index (χ0) is 15.8. The predicted octanol–water partition coefficient (Wildman–Crippen LogP) is 4.32. The topological polar surface area (TPSA) is 15.3 Å². The first-order valence-electron chi connectivity index (χ1n) is 7.97. The van der Waals surface area contributed by atoms with Crippen LogP contribution in [0.25, 0.3) is 0 Å². The number of nitrogens with zero attached hydrogens (tertiary/aromatic N) is 1. The van der Waals surface area contributed by atoms with Gasteiger partial charge in [-0.15, -0.1) is 0 Å². The summed E-state index contributed by atoms with van der Waals surface area (Å²) in [6, 6.07) is 7.39. The molecular formula is C18H32N2S. The number of benzene rings is 1. The van der Waals surface area contributed by atoms with Gasteiger partial charge in [-0.05, 0) is 56.4 Å². The van der Waals surface area contributed by atoms with E-state index >= 15 is 0 Å². The van der Waals surface area contributed by atoms with E-state index in [2.05, 4.69) is 69.4 Å². The summed E-state index contributed by atoms with van der Waals surface area (Å²) in [4.78, 5) is 2.43. The molecule has 0 fully saturated rings. The summed E-state index contributed by atoms with van der Waals surface area (Å²) in [6.45, 7) is 11.0. The fourth-order valence-electron chi connectivity index (χ4n) is 2.41. The van der Waals surface area contributed by atoms with E-state index in [4.69, 9.17) is 0 Å². The molecule has 1 aromatic rings. The van der Waals surface area contributed by atoms with Crippen LogP contribution in [0.4, 0.5) is 5.69 Å². The average molecular weight is 309 g/mol. The minimum absolute atomic E-state index is 0.573. The average Bonchev–Trinajstić information content (AvgIpc) is 2.44. The van der Waals surface area contributed by atoms with Gasteiger partial charge in [0.25, 0.3) is 0 Å². The molecule has 0 saturated carbocycles. The zero-order valence-electron chi connectivity index (χ0n) is 14.6. The minimum Gasteiger partial charge on any atom is -0.372 e. The summed E-state index contributed by atoms with van der Waals surface area (Å²) >= 11 is 1.93. The van der Waals surface area contributed by atoms with E-state index in [-0.39, 0.29) is 0 Å². The standard InChI is InChI=1S/C18H32N2S/c1-14(2)12-19-13-17-11-15(3)7-8-18(17)20(5)16(4)9-10-21-6/h7-8,11,14,16,19H,9-10,12-13H2,1-6H3. The Morgan fingerprint density at radius 1 is 1.24 bits per heavy atom. The smallest absolute Gasteiger partial charge is 0.0411 e. The lowest BCUT2D eigenvalue weighted by Crippen LogP contribution is -2.31. The van der Waals surface area contributed by atoms with Crippen LogP contribution in [0.15, 0.2) is 18.2 Å². The van der Waals surface area contributed by atoms with Gasteiger partial charge in [-0.25, -0.2) is 0 Å². The molecule has 3 heteroatoms. The molecule has 0 heterocycles. The van der Waals surface area contributed by atoms with Crippen LogP contribution in [0.3, 0.4) is 0 Å². The zero-order valence-corrected chi connectivity index (χ0v) is 15.4. The molecule has 0 bridgehead atoms. The molecule has 0 aliphatic carbocycles. The first-order chi connectivity index (χ1) is 9.95. The van der Waals surface area contributed by atoms with E-state index in [1.165, 1.54) is 29.0 Å². The van der Waals surface area contributed by atoms with Crippen LogP contribution < -0.4 is 10.2 Å². The second-order valence-electron chi connectivity index (χ2n) is 6.40. The molecule has 0 aromatic heterocycles. The second-order valence-corrected chi connectivity index (χ2v) is 7.38. The summed E-state index contributed by atoms with van der Waals surface area (Å²) in [6.07, 6.45) is 3.41. The Balaban J connectivity index is 2.79. The van der Waals surface area contributed by atoms with Crippen molar-refractivity contribution in [3.63, 3.8) is 0 Å². The van der Waals surface area contributed by atoms with Crippen LogP contribution in [0.5, 0.6) is 0 Å². The number of aryl methyl sites for hydroxylation is 1. The van der Waals surface area contributed by atoms with Crippen LogP contribution in [0.1, 0.15) is 38.3 Å². The van der Waals surface area contributed by atoms with E-state index in [0.717, 1.165) is 13.1 Å². The molecule has 0 spiro atoms. The highest BCUT2D eigenvalue weighted by Gasteiger charge is 2.13. The van der Waals surface area contributed by atoms with Crippen LogP contribution in [0, 0.1) is 12.8 Å². The second kappa shape index (κ2) is 9.37. The van der Waals surface area contributed by atoms with E-state index < -0.39 is 0 Å². The van der Waals surface area contributed by atoms with Crippen LogP contribution in [0.2, 0.25) is 0 Å². The highest BCUT2D eigenvalue weighted by molar-refractivity contribution is 7.98. The fraction of sp³-hybridized carbons (Fsp3) is 0.667. The summed E-state index contributed by atoms with van der Waals surface area (Å²) in [5.41, 5.74) is 4.12. The summed E-state index contributed by atoms with van der Waals surface area (Å²) in [5, 5.41) is 3.57. The van der Waals surface area contributed by atoms with Gasteiger partial charge >= 0.3 is 0 Å². The van der Waals surface area contributed by atoms with Crippen LogP contribution >= 0.6 is 11.8 Å². The third-order valence-corrected chi connectivity index (χ3v) is 4.53. The summed E-state index contributed by atoms with van der Waals surface area (Å²) < 4.78 is 0. The Labute approximate surface area is 135 Å². The van der Waals surface area contributed by atoms with Crippen LogP contribution in [-0.4, -0.2) is 31.6 Å². The number of rotatable bonds is 9. The number of hydrogen-bond donors (Lipinski definition) is 1. The van der Waals surface area contributed by atoms with Gasteiger partial charge in [0.2, 0.25) is 0 Å². The first-order valence-corrected chi connectivity index (χ1v) is 9.37. The maximum absolute atomic E-state index is 3.57. The Bertz CT molecular complexity index is 418. The molecular weight excluding hydrogens is 276 g/mol. The van der Waals surface area contributed by atoms with Crippen molar-refractivity contribution in [2.45, 2.75) is 46.7 Å². The van der Waals surface area contributed by atoms with Gasteiger partial charge in [0.15, 0.2) is 0 Å². The number of anilines is 1. The highest BCUT2D eigenvalue weighted by Crippen LogP contribution is 2.24. The van der Waals surface area contributed by atoms with Crippen molar-refractivity contribution in [3.8, 4) is 0 Å². The van der Waals surface area contributed by atoms with Gasteiger partial charge in [0.05, 0.1) is 0 Å². The largest absolute Gasteiger partial charge is 0.372 e. The van der Waals surface area contributed by atoms with E-state index in [0.29, 0.717) is 12.0 Å². The predicted molar refractivity (Wildman–Crippen MR) is 98.6 cm³/mol. The van der Waals surface area contributed by atoms with Crippen molar-refractivity contribution < 1.29 is 0 Å². The van der Waals surface area contributed by atoms with Crippen molar-refractivity contribution in [2.75, 3.05) is 30.5 Å². The van der Waals surface area contributed by atoms with Crippen molar-refractivity contribution in [1.82, 2.24) is 5.32 Å². The minimum atomic E-state index is 0.573. The van der Waals surface area contributed by atoms with E-state index in [1.807, 2.05) is 11.8 Å². The molecule has 0 saturated heterocycles. The molecule has 1 N–H and O–H groups in total. The molecule has 1 rings (SSSR count). The molecule has 0 amide bonds. The van der Waals surface area contributed by atoms with Gasteiger partial charge in [-0.3, -0.25) is 0 Å². The molecule has 120 valence electrons. The number of hydrogen-bond acceptors (Lipinski definition) is 3. The maximum Gasteiger partial charge on any atom is 0.0411 e. The van der Waals surface area contributed by atoms with Gasteiger partial charge in [0.1, 0.15) is 0 Å². The molecule has 0 aliphatic heterocycles. The van der Waals surface area contributed by atoms with Gasteiger partial charge in [-0.2, -0.15) is 11.8 Å². The number of nitrogens with one attached hydrogen (secondary N) is 1. The Kier molecular flexibility index (Phi) is 8.20. The lowest BCUT2D eigenvalue weighted by Gasteiger charge is -2.29. The summed E-state index contributed by atoms with van der Waals surface area (Å²) in [5.74, 6) is 1.91. The Hall–Kier alpha value is -0.670. The molecule has 1 unspecified atom stereocenters. The normalized spacial score (nSPS) is 12.7. The van der Waals surface area contributed by atoms with Gasteiger partial charge < -0.3 is 10.2 Å². The van der Waals surface area contributed by atoms with Crippen LogP contribution in [-0.2, 0) is 6.54 Å². The van der Waals surface area contributed by atoms with E-state index in [9.17, 15) is 0 Å². The van der Waals surface area contributed by atoms with Gasteiger partial charge in [0, 0.05) is 25.3 Å². The first kappa shape index (κ1) is 18.4. The van der Waals surface area contributed by atoms with Gasteiger partial charge in [-0.1, -0.05) is 31.5 Å². The summed E-state index contributed by atoms with van der Waals surface area (Å²) in [7, 11) is 2.22. The molecule has 1 aromatic carbocycles. The Morgan fingerprint density at radius 3 is 2.57 bits per heavy atom. The van der Waals surface area contributed by atoms with Crippen molar-refractivity contribution in [1.29, 1.82) is 0 Å². The Morgan fingerprint density at radius 2 is 1.95 bits per heavy atom. The van der Waals surface area contributed by atoms with Crippen molar-refractivity contribution >= 4 is 17.4 Å². The lowest BCUT2D eigenvalue weighted by atomic mass is 10.1. The third-order valence-electron chi connectivity index (χ3n) is 3.88. The number of thioether (sulfide) groups is 1. The highest BCUT2D eigenvalue weighted by atomic mass is 32.2. The molecule has 21 heavy (non-hydrogen) atoms. The SMILES string of the molecule is CSCCC(C)N(C)c1ccc(C)cc1CNCC(C)C. The monoisotopic (exact) mass is 308 g/mol. The molecule has 1 atom stereocenters. The molecule has 0 radical (unpaired) electrons. The van der Waals surface area contributed by atoms with Crippen molar-refractivity contribution in [2.24, 2.45) is 5.92 Å². The van der Waals surface area contributed by atoms with E-state index in [1.54, 1.807) is 0 Å². The van der Waals surface area contributed by atoms with Crippen molar-refractivity contribution in [3.05, 3.63) is 29.3 Å².